The molecule has 0 bridgehead atoms. The van der Waals surface area contributed by atoms with E-state index < -0.39 is 0 Å². The molecule has 2 atom stereocenters. The SMILES string of the molecule is CC(O)Cc1cccc(N)n1.Cc1cc(CC(C)O)nc(-n2c(C)ccc2C)c1.N.OCl. The first kappa shape index (κ1) is 29.5. The molecule has 32 heavy (non-hydrogen) atoms. The van der Waals surface area contributed by atoms with Crippen LogP contribution < -0.4 is 11.9 Å². The third-order valence-corrected chi connectivity index (χ3v) is 4.35. The summed E-state index contributed by atoms with van der Waals surface area (Å²) in [5, 5.41) is 18.5. The number of aryl methyl sites for hydroxylation is 3. The zero-order chi connectivity index (χ0) is 23.6. The van der Waals surface area contributed by atoms with Crippen LogP contribution in [0.2, 0.25) is 0 Å². The van der Waals surface area contributed by atoms with E-state index in [1.54, 1.807) is 19.9 Å². The lowest BCUT2D eigenvalue weighted by Crippen LogP contribution is -2.09. The van der Waals surface area contributed by atoms with E-state index >= 15 is 0 Å². The molecular formula is C23H36ClN5O3. The van der Waals surface area contributed by atoms with Crippen LogP contribution >= 0.6 is 11.9 Å². The summed E-state index contributed by atoms with van der Waals surface area (Å²) < 4.78 is 8.61. The third kappa shape index (κ3) is 9.76. The number of halogens is 1. The van der Waals surface area contributed by atoms with Crippen molar-refractivity contribution in [2.45, 2.75) is 59.7 Å². The number of nitrogen functional groups attached to an aromatic ring is 1. The highest BCUT2D eigenvalue weighted by Gasteiger charge is 2.08. The van der Waals surface area contributed by atoms with Crippen molar-refractivity contribution in [3.05, 3.63) is 70.8 Å². The van der Waals surface area contributed by atoms with Crippen LogP contribution in [-0.2, 0) is 12.8 Å². The molecule has 0 saturated carbocycles. The lowest BCUT2D eigenvalue weighted by molar-refractivity contribution is 0.193. The second-order valence-electron chi connectivity index (χ2n) is 7.61. The average molecular weight is 466 g/mol. The Morgan fingerprint density at radius 3 is 1.91 bits per heavy atom. The molecule has 3 aromatic heterocycles. The first-order valence-corrected chi connectivity index (χ1v) is 10.4. The van der Waals surface area contributed by atoms with E-state index in [2.05, 4.69) is 65.4 Å². The van der Waals surface area contributed by atoms with Gasteiger partial charge in [0, 0.05) is 35.6 Å². The van der Waals surface area contributed by atoms with Gasteiger partial charge >= 0.3 is 0 Å². The van der Waals surface area contributed by atoms with E-state index in [0.717, 1.165) is 17.2 Å². The molecule has 0 aromatic carbocycles. The van der Waals surface area contributed by atoms with Gasteiger partial charge in [0.2, 0.25) is 0 Å². The van der Waals surface area contributed by atoms with Crippen LogP contribution in [0, 0.1) is 20.8 Å². The van der Waals surface area contributed by atoms with Crippen LogP contribution in [0.3, 0.4) is 0 Å². The molecule has 3 heterocycles. The smallest absolute Gasteiger partial charge is 0.137 e. The Hall–Kier alpha value is -2.49. The van der Waals surface area contributed by atoms with Crippen molar-refractivity contribution in [3.63, 3.8) is 0 Å². The van der Waals surface area contributed by atoms with Crippen molar-refractivity contribution in [1.29, 1.82) is 0 Å². The predicted molar refractivity (Wildman–Crippen MR) is 130 cm³/mol. The highest BCUT2D eigenvalue weighted by atomic mass is 35.5. The number of rotatable bonds is 5. The summed E-state index contributed by atoms with van der Waals surface area (Å²) in [7, 11) is 0. The average Bonchev–Trinajstić information content (AvgIpc) is 3.00. The number of aliphatic hydroxyl groups is 2. The van der Waals surface area contributed by atoms with Crippen molar-refractivity contribution in [2.24, 2.45) is 0 Å². The number of nitrogens with zero attached hydrogens (tertiary/aromatic N) is 3. The molecule has 0 spiro atoms. The lowest BCUT2D eigenvalue weighted by Gasteiger charge is -2.12. The molecule has 0 fully saturated rings. The minimum absolute atomic E-state index is 0. The first-order valence-electron chi connectivity index (χ1n) is 10.0. The maximum atomic E-state index is 9.48. The normalized spacial score (nSPS) is 11.8. The lowest BCUT2D eigenvalue weighted by atomic mass is 10.1. The van der Waals surface area contributed by atoms with Gasteiger partial charge in [0.05, 0.1) is 24.1 Å². The van der Waals surface area contributed by atoms with Gasteiger partial charge < -0.3 is 26.7 Å². The molecule has 3 rings (SSSR count). The highest BCUT2D eigenvalue weighted by Crippen LogP contribution is 2.17. The van der Waals surface area contributed by atoms with Crippen LogP contribution in [0.15, 0.2) is 42.5 Å². The Labute approximate surface area is 195 Å². The van der Waals surface area contributed by atoms with Crippen LogP contribution in [0.25, 0.3) is 5.82 Å². The molecule has 178 valence electrons. The summed E-state index contributed by atoms with van der Waals surface area (Å²) in [6.07, 6.45) is 0.433. The Kier molecular flexibility index (Phi) is 13.4. The molecule has 3 aromatic rings. The van der Waals surface area contributed by atoms with Crippen molar-refractivity contribution < 1.29 is 14.9 Å². The molecular weight excluding hydrogens is 430 g/mol. The summed E-state index contributed by atoms with van der Waals surface area (Å²) in [5.41, 5.74) is 10.7. The number of nitrogens with two attached hydrogens (primary N) is 1. The summed E-state index contributed by atoms with van der Waals surface area (Å²) in [6, 6.07) is 13.7. The fraction of sp³-hybridized carbons (Fsp3) is 0.391. The van der Waals surface area contributed by atoms with E-state index in [0.29, 0.717) is 18.7 Å². The maximum Gasteiger partial charge on any atom is 0.137 e. The standard InChI is InChI=1S/C15H20N2O.C8H12N2O.ClHO.H3N/c1-10-7-14(9-13(4)18)16-15(8-10)17-11(2)5-6-12(17)3;1-6(11)5-7-3-2-4-8(9)10-7;1-2;/h5-8,13,18H,9H2,1-4H3;2-4,6,11H,5H2,1H3,(H2,9,10);2H;1H3. The Morgan fingerprint density at radius 2 is 1.41 bits per heavy atom. The number of hydrogen-bond donors (Lipinski definition) is 5. The van der Waals surface area contributed by atoms with Gasteiger partial charge in [-0.3, -0.25) is 4.66 Å². The van der Waals surface area contributed by atoms with Crippen LogP contribution in [0.5, 0.6) is 0 Å². The molecule has 0 aliphatic heterocycles. The molecule has 0 radical (unpaired) electrons. The predicted octanol–water partition coefficient (Wildman–Crippen LogP) is 3.60. The highest BCUT2D eigenvalue weighted by molar-refractivity contribution is 6.04. The van der Waals surface area contributed by atoms with Crippen LogP contribution in [0.4, 0.5) is 5.82 Å². The van der Waals surface area contributed by atoms with Crippen LogP contribution in [0.1, 0.15) is 42.2 Å². The first-order chi connectivity index (χ1) is 14.7. The quantitative estimate of drug-likeness (QED) is 0.385. The van der Waals surface area contributed by atoms with Gasteiger partial charge in [0.15, 0.2) is 0 Å². The van der Waals surface area contributed by atoms with E-state index in [-0.39, 0.29) is 18.4 Å². The van der Waals surface area contributed by atoms with Gasteiger partial charge in [-0.1, -0.05) is 6.07 Å². The largest absolute Gasteiger partial charge is 0.393 e. The molecule has 2 unspecified atom stereocenters. The Bertz CT molecular complexity index is 926. The van der Waals surface area contributed by atoms with Gasteiger partial charge in [0.1, 0.15) is 11.6 Å². The summed E-state index contributed by atoms with van der Waals surface area (Å²) in [5.74, 6) is 1.44. The summed E-state index contributed by atoms with van der Waals surface area (Å²) >= 11 is 3.64. The number of anilines is 1. The van der Waals surface area contributed by atoms with E-state index in [4.69, 9.17) is 15.5 Å². The Balaban J connectivity index is 0.000000593. The number of aromatic nitrogens is 3. The van der Waals surface area contributed by atoms with Crippen molar-refractivity contribution in [2.75, 3.05) is 5.73 Å². The number of hydrogen-bond acceptors (Lipinski definition) is 7. The van der Waals surface area contributed by atoms with Gasteiger partial charge in [-0.2, -0.15) is 0 Å². The number of aliphatic hydroxyl groups excluding tert-OH is 2. The summed E-state index contributed by atoms with van der Waals surface area (Å²) in [4.78, 5) is 8.67. The number of pyridine rings is 2. The second kappa shape index (κ2) is 14.5. The van der Waals surface area contributed by atoms with Crippen molar-refractivity contribution in [1.82, 2.24) is 20.7 Å². The topological polar surface area (TPSA) is 152 Å². The fourth-order valence-electron chi connectivity index (χ4n) is 3.19. The summed E-state index contributed by atoms with van der Waals surface area (Å²) in [6.45, 7) is 9.72. The van der Waals surface area contributed by atoms with Gasteiger partial charge in [-0.05, 0) is 76.6 Å². The van der Waals surface area contributed by atoms with Gasteiger partial charge in [0.25, 0.3) is 0 Å². The minimum Gasteiger partial charge on any atom is -0.393 e. The molecule has 0 saturated heterocycles. The zero-order valence-electron chi connectivity index (χ0n) is 19.5. The molecule has 0 aliphatic rings. The fourth-order valence-corrected chi connectivity index (χ4v) is 3.19. The van der Waals surface area contributed by atoms with Crippen molar-refractivity contribution >= 4 is 17.7 Å². The van der Waals surface area contributed by atoms with Gasteiger partial charge in [-0.15, -0.1) is 0 Å². The monoisotopic (exact) mass is 465 g/mol. The van der Waals surface area contributed by atoms with E-state index in [1.165, 1.54) is 17.0 Å². The zero-order valence-corrected chi connectivity index (χ0v) is 20.2. The van der Waals surface area contributed by atoms with Crippen molar-refractivity contribution in [3.8, 4) is 5.82 Å². The molecule has 9 heteroatoms. The third-order valence-electron chi connectivity index (χ3n) is 4.35. The van der Waals surface area contributed by atoms with Gasteiger partial charge in [-0.25, -0.2) is 9.97 Å². The van der Waals surface area contributed by atoms with E-state index in [9.17, 15) is 5.11 Å². The maximum absolute atomic E-state index is 9.48. The molecule has 8 N–H and O–H groups in total. The van der Waals surface area contributed by atoms with E-state index in [1.807, 2.05) is 18.2 Å². The molecule has 8 nitrogen and oxygen atoms in total. The second-order valence-corrected chi connectivity index (χ2v) is 7.61. The minimum atomic E-state index is -0.362. The Morgan fingerprint density at radius 1 is 0.875 bits per heavy atom. The molecule has 0 amide bonds. The molecule has 0 aliphatic carbocycles. The van der Waals surface area contributed by atoms with Crippen LogP contribution in [-0.4, -0.2) is 41.6 Å².